The number of aryl methyl sites for hydroxylation is 3. The first-order chi connectivity index (χ1) is 15.3. The van der Waals surface area contributed by atoms with Crippen molar-refractivity contribution in [2.75, 3.05) is 0 Å². The van der Waals surface area contributed by atoms with Crippen molar-refractivity contribution in [1.82, 2.24) is 0 Å². The van der Waals surface area contributed by atoms with E-state index in [9.17, 15) is 0 Å². The third kappa shape index (κ3) is 7.99. The van der Waals surface area contributed by atoms with Crippen molar-refractivity contribution in [2.45, 2.75) is 80.1 Å². The minimum Gasteiger partial charge on any atom is -0.147 e. The van der Waals surface area contributed by atoms with Crippen LogP contribution in [0.4, 0.5) is 0 Å². The van der Waals surface area contributed by atoms with Gasteiger partial charge in [0.1, 0.15) is 0 Å². The fourth-order valence-electron chi connectivity index (χ4n) is 3.71. The molecule has 3 aromatic rings. The molecule has 3 rings (SSSR count). The summed E-state index contributed by atoms with van der Waals surface area (Å²) in [5.41, 5.74) is 7.02. The van der Waals surface area contributed by atoms with Gasteiger partial charge in [-0.05, 0) is 0 Å². The Labute approximate surface area is 230 Å². The second-order valence-electron chi connectivity index (χ2n) is 11.1. The molecular weight excluding hydrogens is 515 g/mol. The number of hydrogen-bond donors (Lipinski definition) is 0. The first-order valence-corrected chi connectivity index (χ1v) is 13.8. The smallest absolute Gasteiger partial charge is 0.147 e. The minimum atomic E-state index is -2.72. The normalized spacial score (nSPS) is 11.3. The molecule has 0 fully saturated rings. The third-order valence-electron chi connectivity index (χ3n) is 5.88. The standard InChI is InChI=1S/2C11H16O.C7H8O.2ClH.Ti/c2*1-8-5-6-10(12)9(7-8)11(2,3)4;1-5-4-8-7(3)6(5)2;;;/h2*5-7,12H,1-4H3;3-4H,1-2H3;2*1H;/q;;;;;+2/p-2. The summed E-state index contributed by atoms with van der Waals surface area (Å²) in [6, 6.07) is 12.8. The van der Waals surface area contributed by atoms with Crippen molar-refractivity contribution in [1.29, 1.82) is 0 Å². The zero-order chi connectivity index (χ0) is 24.6. The maximum Gasteiger partial charge on any atom is -0.147 e. The molecule has 0 amide bonds. The molecule has 1 heterocycles. The zero-order valence-corrected chi connectivity index (χ0v) is 25.9. The predicted molar refractivity (Wildman–Crippen MR) is 149 cm³/mol. The number of rotatable bonds is 5. The van der Waals surface area contributed by atoms with E-state index in [1.165, 1.54) is 22.3 Å². The molecule has 0 saturated carbocycles. The van der Waals surface area contributed by atoms with Gasteiger partial charge >= 0.3 is 207 Å². The molecule has 0 aliphatic carbocycles. The fraction of sp³-hybridized carbons (Fsp3) is 0.414. The van der Waals surface area contributed by atoms with Gasteiger partial charge in [-0.2, -0.15) is 0 Å². The zero-order valence-electron chi connectivity index (χ0n) is 22.7. The van der Waals surface area contributed by atoms with Crippen molar-refractivity contribution in [3.63, 3.8) is 0 Å². The van der Waals surface area contributed by atoms with Gasteiger partial charge in [0.15, 0.2) is 0 Å². The van der Waals surface area contributed by atoms with E-state index in [1.807, 2.05) is 0 Å². The van der Waals surface area contributed by atoms with Crippen LogP contribution in [-0.4, -0.2) is 4.31 Å². The van der Waals surface area contributed by atoms with Crippen LogP contribution in [0.15, 0.2) is 47.1 Å². The maximum atomic E-state index is 6.73. The van der Waals surface area contributed by atoms with Crippen LogP contribution < -0.4 is 6.64 Å². The van der Waals surface area contributed by atoms with Gasteiger partial charge in [0.2, 0.25) is 0 Å². The number of halogens is 2. The Morgan fingerprint density at radius 3 is 1.49 bits per heavy atom. The molecule has 0 bridgehead atoms. The number of benzene rings is 2. The minimum absolute atomic E-state index is 0. The summed E-state index contributed by atoms with van der Waals surface area (Å²) in [5.74, 6) is 2.63. The largest absolute Gasteiger partial charge is 0.147 e. The third-order valence-corrected chi connectivity index (χ3v) is 7.97. The van der Waals surface area contributed by atoms with Crippen molar-refractivity contribution < 1.29 is 29.2 Å². The summed E-state index contributed by atoms with van der Waals surface area (Å²) in [7, 11) is 0. The van der Waals surface area contributed by atoms with Crippen molar-refractivity contribution in [3.8, 4) is 11.5 Å². The van der Waals surface area contributed by atoms with Crippen LogP contribution in [0.3, 0.4) is 0 Å². The van der Waals surface area contributed by atoms with Crippen molar-refractivity contribution in [2.24, 2.45) is 0 Å². The van der Waals surface area contributed by atoms with Gasteiger partial charge in [-0.3, -0.25) is 0 Å². The molecule has 192 valence electrons. The van der Waals surface area contributed by atoms with Crippen LogP contribution >= 0.6 is 24.8 Å². The Kier molecular flexibility index (Phi) is 10.9. The molecule has 0 saturated heterocycles. The van der Waals surface area contributed by atoms with E-state index in [1.54, 1.807) is 6.26 Å². The maximum absolute atomic E-state index is 6.73. The molecule has 0 N–H and O–H groups in total. The van der Waals surface area contributed by atoms with Crippen LogP contribution in [0.1, 0.15) is 80.7 Å². The average molecular weight is 555 g/mol. The number of hydrogen-bond acceptors (Lipinski definition) is 3. The van der Waals surface area contributed by atoms with E-state index in [0.29, 0.717) is 0 Å². The average Bonchev–Trinajstić information content (AvgIpc) is 3.01. The van der Waals surface area contributed by atoms with Crippen LogP contribution in [0.2, 0.25) is 0 Å². The summed E-state index contributed by atoms with van der Waals surface area (Å²) in [5, 5.41) is 0. The van der Waals surface area contributed by atoms with E-state index < -0.39 is 18.2 Å². The van der Waals surface area contributed by atoms with Gasteiger partial charge < -0.3 is 0 Å². The van der Waals surface area contributed by atoms with E-state index in [0.717, 1.165) is 28.4 Å². The fourth-order valence-corrected chi connectivity index (χ4v) is 5.97. The van der Waals surface area contributed by atoms with Crippen LogP contribution in [-0.2, 0) is 29.0 Å². The Morgan fingerprint density at radius 2 is 1.14 bits per heavy atom. The van der Waals surface area contributed by atoms with Crippen LogP contribution in [0.25, 0.3) is 0 Å². The second-order valence-corrected chi connectivity index (χ2v) is 13.2. The van der Waals surface area contributed by atoms with Crippen molar-refractivity contribution in [3.05, 3.63) is 81.8 Å². The van der Waals surface area contributed by atoms with Gasteiger partial charge in [-0.1, -0.05) is 0 Å². The van der Waals surface area contributed by atoms with E-state index in [4.69, 9.17) is 11.1 Å². The Hall–Kier alpha value is -1.52. The topological polar surface area (TPSA) is 31.6 Å². The molecule has 2 aromatic carbocycles. The summed E-state index contributed by atoms with van der Waals surface area (Å²) in [6.45, 7) is 21.7. The molecule has 3 nitrogen and oxygen atoms in total. The monoisotopic (exact) mass is 554 g/mol. The molecule has 0 aliphatic rings. The molecule has 0 atom stereocenters. The molecule has 6 heteroatoms. The molecule has 0 unspecified atom stereocenters. The molecule has 0 spiro atoms. The Bertz CT molecular complexity index is 1110. The summed E-state index contributed by atoms with van der Waals surface area (Å²) in [6.07, 6.45) is 1.80. The van der Waals surface area contributed by atoms with Gasteiger partial charge in [0.05, 0.1) is 0 Å². The quantitative estimate of drug-likeness (QED) is 0.295. The Balaban J connectivity index is 0.00000306. The summed E-state index contributed by atoms with van der Waals surface area (Å²) < 4.78 is 21.4. The van der Waals surface area contributed by atoms with Crippen LogP contribution in [0.5, 0.6) is 11.5 Å². The predicted octanol–water partition coefficient (Wildman–Crippen LogP) is 8.71. The van der Waals surface area contributed by atoms with Gasteiger partial charge in [0.25, 0.3) is 0 Å². The number of furan rings is 1. The van der Waals surface area contributed by atoms with Gasteiger partial charge in [0, 0.05) is 0 Å². The molecule has 1 aromatic heterocycles. The van der Waals surface area contributed by atoms with E-state index >= 15 is 0 Å². The Morgan fingerprint density at radius 1 is 0.714 bits per heavy atom. The summed E-state index contributed by atoms with van der Waals surface area (Å²) in [4.78, 5) is 0. The van der Waals surface area contributed by atoms with Crippen molar-refractivity contribution >= 4 is 29.1 Å². The molecule has 0 aliphatic heterocycles. The first-order valence-electron chi connectivity index (χ1n) is 11.6. The van der Waals surface area contributed by atoms with Gasteiger partial charge in [-0.25, -0.2) is 0 Å². The summed E-state index contributed by atoms with van der Waals surface area (Å²) >= 11 is -2.72. The van der Waals surface area contributed by atoms with Gasteiger partial charge in [-0.15, -0.1) is 24.8 Å². The molecule has 0 radical (unpaired) electrons. The second kappa shape index (κ2) is 12.1. The van der Waals surface area contributed by atoms with E-state index in [-0.39, 0.29) is 35.6 Å². The SMILES string of the molecule is Cc1ccc([O][Ti](=[CH]c2occ(C)c2C)[O]c2ccc(C)cc2C(C)(C)C)c(C(C)(C)C)c1.Cl.Cl. The van der Waals surface area contributed by atoms with E-state index in [2.05, 4.69) is 110 Å². The molecular formula is C29H40Cl2O3Ti. The molecule has 35 heavy (non-hydrogen) atoms. The van der Waals surface area contributed by atoms with Crippen LogP contribution in [0, 0.1) is 27.7 Å². The first kappa shape index (κ1) is 31.5.